The number of aromatic nitrogens is 1. The number of benzene rings is 19. The van der Waals surface area contributed by atoms with Crippen LogP contribution in [0.3, 0.4) is 0 Å². The lowest BCUT2D eigenvalue weighted by Crippen LogP contribution is -2.55. The molecule has 3 heterocycles. The van der Waals surface area contributed by atoms with Crippen LogP contribution < -0.4 is 0 Å². The third-order valence-electron chi connectivity index (χ3n) is 27.2. The fourth-order valence-electron chi connectivity index (χ4n) is 26.9. The standard InChI is InChI=1S/C74H11NOS/c1-75-10-6-3-2-5-9(10)12-67(11-7-4-8-76-11)73-68-59-51-41-31-23-15-13-14-17-21-19(15)27-35-29(21)39-33-25(17)26-18(14)22-20-16(13)24(23)32-38-28(20)36-30(22)40-34(26)44-43(33)55-49(39)57-47(35)53(45(51)37(27)31)61(68)63(57)70-65(55)66-56(44)50(40)58-48(36)54-46(38)52(42(32)41)60(59)69(73)62(54)64(58)71(66)74(70,73)77-72(12)75/h2-8,67H,1H3. The summed E-state index contributed by atoms with van der Waals surface area (Å²) in [5.74, 6) is 1.07. The van der Waals surface area contributed by atoms with Gasteiger partial charge in [0.15, 0.2) is 0 Å². The molecule has 324 valence electrons. The van der Waals surface area contributed by atoms with Gasteiger partial charge in [-0.15, -0.1) is 0 Å². The van der Waals surface area contributed by atoms with Crippen LogP contribution in [-0.4, -0.2) is 4.57 Å². The van der Waals surface area contributed by atoms with E-state index in [1.165, 1.54) is 21.5 Å². The molecule has 0 saturated carbocycles. The lowest BCUT2D eigenvalue weighted by molar-refractivity contribution is 0.332. The number of furan rings is 1. The lowest BCUT2D eigenvalue weighted by Gasteiger charge is -2.59. The summed E-state index contributed by atoms with van der Waals surface area (Å²) in [5.41, 5.74) is 9.10. The van der Waals surface area contributed by atoms with Crippen LogP contribution in [-0.2, 0) is 17.2 Å². The number of aryl methyl sites for hydroxylation is 1. The van der Waals surface area contributed by atoms with Gasteiger partial charge in [0.25, 0.3) is 0 Å². The van der Waals surface area contributed by atoms with Gasteiger partial charge in [-0.3, -0.25) is 0 Å². The summed E-state index contributed by atoms with van der Waals surface area (Å²) < 4.78 is 9.48. The van der Waals surface area contributed by atoms with Gasteiger partial charge in [0.05, 0.1) is 27.4 Å². The van der Waals surface area contributed by atoms with Crippen LogP contribution in [0, 0.1) is 0 Å². The van der Waals surface area contributed by atoms with Gasteiger partial charge in [-0.2, -0.15) is 0 Å². The first kappa shape index (κ1) is 29.2. The summed E-state index contributed by atoms with van der Waals surface area (Å²) in [4.78, 5) is 0. The zero-order valence-electron chi connectivity index (χ0n) is 39.4. The maximum atomic E-state index is 7.31. The minimum absolute atomic E-state index is 0.0735. The van der Waals surface area contributed by atoms with Crippen molar-refractivity contribution in [2.24, 2.45) is 7.05 Å². The maximum Gasteiger partial charge on any atom is 0.112 e. The molecule has 2 spiro atoms. The van der Waals surface area contributed by atoms with Crippen LogP contribution >= 0.6 is 11.8 Å². The molecule has 3 heteroatoms. The Hall–Kier alpha value is -9.15. The van der Waals surface area contributed by atoms with Gasteiger partial charge >= 0.3 is 0 Å². The molecule has 4 aliphatic carbocycles. The Labute approximate surface area is 424 Å². The van der Waals surface area contributed by atoms with Crippen LogP contribution in [0.2, 0.25) is 0 Å². The first-order chi connectivity index (χ1) is 38.3. The zero-order valence-corrected chi connectivity index (χ0v) is 40.2. The Morgan fingerprint density at radius 2 is 0.597 bits per heavy atom. The number of hydrogen-bond donors (Lipinski definition) is 0. The molecule has 5 aliphatic rings. The van der Waals surface area contributed by atoms with E-state index in [0.717, 1.165) is 5.76 Å². The Bertz CT molecular complexity index is 7910. The number of fused-ring (bicyclic) bond motifs is 3. The molecule has 0 saturated heterocycles. The maximum absolute atomic E-state index is 7.31. The van der Waals surface area contributed by atoms with Crippen molar-refractivity contribution in [1.29, 1.82) is 0 Å². The number of rotatable bonds is 1. The van der Waals surface area contributed by atoms with Gasteiger partial charge in [0.2, 0.25) is 0 Å². The molecule has 0 radical (unpaired) electrons. The monoisotopic (exact) mass is 961 g/mol. The Morgan fingerprint density at radius 3 is 0.883 bits per heavy atom. The minimum atomic E-state index is -0.516. The number of hydrogen-bond acceptors (Lipinski definition) is 2. The highest BCUT2D eigenvalue weighted by Gasteiger charge is 2.75. The molecule has 31 aromatic rings. The molecule has 2 aromatic heterocycles. The number of para-hydroxylation sites is 1. The fraction of sp³-hybridized carbons (Fsp3) is 0.0541. The highest BCUT2D eigenvalue weighted by atomic mass is 32.2. The van der Waals surface area contributed by atoms with E-state index >= 15 is 0 Å². The van der Waals surface area contributed by atoms with Crippen molar-refractivity contribution in [1.82, 2.24) is 4.57 Å². The minimum Gasteiger partial charge on any atom is -0.469 e. The Balaban J connectivity index is 1.11. The average Bonchev–Trinajstić information content (AvgIpc) is 1.76. The highest BCUT2D eigenvalue weighted by Crippen LogP contribution is 2.89. The normalized spacial score (nSPS) is 22.5. The third-order valence-corrected chi connectivity index (χ3v) is 28.9. The number of thioether (sulfide) groups is 1. The molecule has 0 amide bonds. The van der Waals surface area contributed by atoms with Crippen molar-refractivity contribution in [2.75, 3.05) is 0 Å². The molecule has 0 N–H and O–H groups in total. The first-order valence-corrected chi connectivity index (χ1v) is 29.2. The molecule has 29 aromatic carbocycles. The molecule has 36 rings (SSSR count). The Kier molecular flexibility index (Phi) is 2.57. The van der Waals surface area contributed by atoms with E-state index in [9.17, 15) is 0 Å². The van der Waals surface area contributed by atoms with Crippen molar-refractivity contribution in [2.45, 2.75) is 21.1 Å². The van der Waals surface area contributed by atoms with E-state index in [-0.39, 0.29) is 5.92 Å². The van der Waals surface area contributed by atoms with E-state index in [0.29, 0.717) is 0 Å². The van der Waals surface area contributed by atoms with Gasteiger partial charge in [0, 0.05) is 23.5 Å². The van der Waals surface area contributed by atoms with Crippen molar-refractivity contribution in [3.8, 4) is 0 Å². The summed E-state index contributed by atoms with van der Waals surface area (Å²) in [6.45, 7) is 0. The summed E-state index contributed by atoms with van der Waals surface area (Å²) in [6, 6.07) is 14.2. The summed E-state index contributed by atoms with van der Waals surface area (Å²) >= 11 is 2.34. The Morgan fingerprint density at radius 1 is 0.325 bits per heavy atom. The molecule has 0 fully saturated rings. The van der Waals surface area contributed by atoms with Gasteiger partial charge in [-0.1, -0.05) is 30.0 Å². The SMILES string of the molecule is Cn1c2c(c3ccccc31)C(c1ccco1)C13c4c5c6c7c8c9c(c%10c%11c1c1c4c4c%12c5c5c6c6c8c8c%13c9c9c%10c%10c%11c%11c1c1c4c4c%12c%12c5c5c6c8c6c8c%13c9c9c%10c%10c%11c1c1c4c4c%12c5c6c5c8c9c%10c1c45)C73S2. The van der Waals surface area contributed by atoms with Gasteiger partial charge in [0.1, 0.15) is 5.76 Å². The predicted octanol–water partition coefficient (Wildman–Crippen LogP) is 20.3. The van der Waals surface area contributed by atoms with Crippen molar-refractivity contribution < 1.29 is 4.42 Å². The van der Waals surface area contributed by atoms with E-state index in [1.54, 1.807) is 313 Å². The molecule has 1 atom stereocenters. The molecule has 1 unspecified atom stereocenters. The molecule has 77 heavy (non-hydrogen) atoms. The summed E-state index contributed by atoms with van der Waals surface area (Å²) in [5, 5.41) is 91.6. The van der Waals surface area contributed by atoms with Crippen LogP contribution in [0.1, 0.15) is 39.5 Å². The average molecular weight is 962 g/mol. The van der Waals surface area contributed by atoms with E-state index in [4.69, 9.17) is 4.42 Å². The number of nitrogens with zero attached hydrogens (tertiary/aromatic N) is 1. The van der Waals surface area contributed by atoms with Crippen LogP contribution in [0.5, 0.6) is 0 Å². The molecule has 0 bridgehead atoms. The molecular formula is C74H11NOS. The third kappa shape index (κ3) is 1.62. The first-order valence-electron chi connectivity index (χ1n) is 28.4. The second kappa shape index (κ2) is 6.77. The van der Waals surface area contributed by atoms with E-state index in [1.807, 2.05) is 6.26 Å². The smallest absolute Gasteiger partial charge is 0.112 e. The molecule has 1 aliphatic heterocycles. The van der Waals surface area contributed by atoms with Crippen LogP contribution in [0.25, 0.3) is 302 Å². The van der Waals surface area contributed by atoms with Gasteiger partial charge < -0.3 is 8.98 Å². The second-order valence-electron chi connectivity index (χ2n) is 27.6. The summed E-state index contributed by atoms with van der Waals surface area (Å²) in [6.07, 6.45) is 2.03. The largest absolute Gasteiger partial charge is 0.469 e. The second-order valence-corrected chi connectivity index (χ2v) is 28.8. The van der Waals surface area contributed by atoms with Crippen molar-refractivity contribution in [3.63, 3.8) is 0 Å². The van der Waals surface area contributed by atoms with E-state index < -0.39 is 10.2 Å². The molecule has 2 nitrogen and oxygen atoms in total. The van der Waals surface area contributed by atoms with Crippen LogP contribution in [0.15, 0.2) is 52.1 Å². The predicted molar refractivity (Wildman–Crippen MR) is 323 cm³/mol. The summed E-state index contributed by atoms with van der Waals surface area (Å²) in [7, 11) is 2.41. The molecular weight excluding hydrogens is 951 g/mol. The highest BCUT2D eigenvalue weighted by molar-refractivity contribution is 8.00. The lowest BCUT2D eigenvalue weighted by atomic mass is 9.50. The quantitative estimate of drug-likeness (QED) is 0.153. The van der Waals surface area contributed by atoms with Crippen LogP contribution in [0.4, 0.5) is 0 Å². The van der Waals surface area contributed by atoms with Crippen molar-refractivity contribution in [3.05, 3.63) is 76.2 Å². The van der Waals surface area contributed by atoms with Gasteiger partial charge in [-0.25, -0.2) is 0 Å². The van der Waals surface area contributed by atoms with Crippen molar-refractivity contribution >= 4 is 314 Å². The van der Waals surface area contributed by atoms with E-state index in [2.05, 4.69) is 59.8 Å². The topological polar surface area (TPSA) is 18.1 Å². The fourth-order valence-corrected chi connectivity index (χ4v) is 28.8. The van der Waals surface area contributed by atoms with Gasteiger partial charge in [-0.05, 0) is 331 Å². The zero-order chi connectivity index (χ0) is 45.9.